The Labute approximate surface area is 112 Å². The Bertz CT molecular complexity index is 589. The third-order valence-electron chi connectivity index (χ3n) is 3.07. The van der Waals surface area contributed by atoms with Gasteiger partial charge >= 0.3 is 0 Å². The molecule has 7 heteroatoms. The van der Waals surface area contributed by atoms with Crippen LogP contribution in [0.3, 0.4) is 0 Å². The van der Waals surface area contributed by atoms with Crippen molar-refractivity contribution >= 4 is 15.7 Å². The predicted octanol–water partition coefficient (Wildman–Crippen LogP) is 1.13. The molecule has 1 aliphatic rings. The molecule has 0 aliphatic carbocycles. The highest BCUT2D eigenvalue weighted by atomic mass is 32.2. The molecular weight excluding hydrogens is 271 g/mol. The van der Waals surface area contributed by atoms with Gasteiger partial charge in [-0.25, -0.2) is 12.8 Å². The molecule has 0 saturated carbocycles. The number of anilines is 1. The molecule has 19 heavy (non-hydrogen) atoms. The third-order valence-corrected chi connectivity index (χ3v) is 4.93. The molecule has 0 aromatic heterocycles. The molecule has 1 heterocycles. The largest absolute Gasteiger partial charge is 0.399 e. The summed E-state index contributed by atoms with van der Waals surface area (Å²) in [5.74, 6) is -0.742. The van der Waals surface area contributed by atoms with E-state index in [-0.39, 0.29) is 35.3 Å². The lowest BCUT2D eigenvalue weighted by Crippen LogP contribution is -2.44. The van der Waals surface area contributed by atoms with Gasteiger partial charge in [0.25, 0.3) is 0 Å². The molecule has 0 spiro atoms. The van der Waals surface area contributed by atoms with Crippen LogP contribution in [0.25, 0.3) is 0 Å². The molecule has 2 rings (SSSR count). The van der Waals surface area contributed by atoms with Crippen molar-refractivity contribution in [3.8, 4) is 0 Å². The number of nitrogen functional groups attached to an aromatic ring is 1. The molecule has 106 valence electrons. The Hall–Kier alpha value is -1.18. The van der Waals surface area contributed by atoms with Gasteiger partial charge in [-0.15, -0.1) is 0 Å². The third kappa shape index (κ3) is 2.72. The van der Waals surface area contributed by atoms with E-state index in [4.69, 9.17) is 10.5 Å². The number of rotatable bonds is 2. The topological polar surface area (TPSA) is 72.6 Å². The first kappa shape index (κ1) is 14.2. The Balaban J connectivity index is 2.45. The molecular formula is C12H17FN2O3S. The van der Waals surface area contributed by atoms with E-state index in [1.54, 1.807) is 6.92 Å². The molecule has 1 aliphatic heterocycles. The maximum atomic E-state index is 14.0. The van der Waals surface area contributed by atoms with Gasteiger partial charge in [0.15, 0.2) is 0 Å². The number of nitrogens with zero attached hydrogens (tertiary/aromatic N) is 1. The summed E-state index contributed by atoms with van der Waals surface area (Å²) < 4.78 is 45.4. The van der Waals surface area contributed by atoms with Crippen LogP contribution < -0.4 is 5.73 Å². The van der Waals surface area contributed by atoms with E-state index in [9.17, 15) is 12.8 Å². The van der Waals surface area contributed by atoms with Crippen molar-refractivity contribution in [2.75, 3.05) is 25.4 Å². The second-order valence-electron chi connectivity index (χ2n) is 4.69. The molecule has 1 saturated heterocycles. The SMILES string of the molecule is Cc1cc(N)cc(S(=O)(=O)N2CCOC(C)C2)c1F. The maximum Gasteiger partial charge on any atom is 0.246 e. The van der Waals surface area contributed by atoms with Crippen LogP contribution in [-0.4, -0.2) is 38.5 Å². The van der Waals surface area contributed by atoms with Crippen LogP contribution in [0, 0.1) is 12.7 Å². The fraction of sp³-hybridized carbons (Fsp3) is 0.500. The number of nitrogens with two attached hydrogens (primary N) is 1. The first-order valence-electron chi connectivity index (χ1n) is 5.99. The molecule has 1 fully saturated rings. The van der Waals surface area contributed by atoms with E-state index < -0.39 is 15.8 Å². The summed E-state index contributed by atoms with van der Waals surface area (Å²) in [6.45, 7) is 4.02. The van der Waals surface area contributed by atoms with Gasteiger partial charge in [-0.3, -0.25) is 0 Å². The van der Waals surface area contributed by atoms with Crippen molar-refractivity contribution in [1.82, 2.24) is 4.31 Å². The summed E-state index contributed by atoms with van der Waals surface area (Å²) in [5.41, 5.74) is 6.06. The highest BCUT2D eigenvalue weighted by molar-refractivity contribution is 7.89. The lowest BCUT2D eigenvalue weighted by molar-refractivity contribution is 0.0101. The molecule has 2 N–H and O–H groups in total. The average Bonchev–Trinajstić information content (AvgIpc) is 2.33. The number of aryl methyl sites for hydroxylation is 1. The van der Waals surface area contributed by atoms with Gasteiger partial charge in [-0.2, -0.15) is 4.31 Å². The Morgan fingerprint density at radius 2 is 2.16 bits per heavy atom. The zero-order valence-corrected chi connectivity index (χ0v) is 11.7. The summed E-state index contributed by atoms with van der Waals surface area (Å²) in [7, 11) is -3.87. The smallest absolute Gasteiger partial charge is 0.246 e. The van der Waals surface area contributed by atoms with Crippen LogP contribution in [0.4, 0.5) is 10.1 Å². The normalized spacial score (nSPS) is 21.5. The standard InChI is InChI=1S/C12H17FN2O3S/c1-8-5-10(14)6-11(12(8)13)19(16,17)15-3-4-18-9(2)7-15/h5-6,9H,3-4,7,14H2,1-2H3. The summed E-state index contributed by atoms with van der Waals surface area (Å²) in [5, 5.41) is 0. The number of sulfonamides is 1. The van der Waals surface area contributed by atoms with Gasteiger partial charge in [0.1, 0.15) is 10.7 Å². The van der Waals surface area contributed by atoms with Crippen LogP contribution in [0.5, 0.6) is 0 Å². The Kier molecular flexibility index (Phi) is 3.80. The Morgan fingerprint density at radius 1 is 1.47 bits per heavy atom. The number of hydrogen-bond acceptors (Lipinski definition) is 4. The van der Waals surface area contributed by atoms with Gasteiger partial charge in [-0.1, -0.05) is 0 Å². The summed E-state index contributed by atoms with van der Waals surface area (Å²) >= 11 is 0. The number of halogens is 1. The van der Waals surface area contributed by atoms with E-state index in [1.807, 2.05) is 0 Å². The van der Waals surface area contributed by atoms with Crippen molar-refractivity contribution in [3.05, 3.63) is 23.5 Å². The van der Waals surface area contributed by atoms with Crippen LogP contribution >= 0.6 is 0 Å². The highest BCUT2D eigenvalue weighted by Gasteiger charge is 2.31. The molecule has 1 aromatic carbocycles. The molecule has 1 atom stereocenters. The van der Waals surface area contributed by atoms with E-state index in [0.717, 1.165) is 6.07 Å². The zero-order valence-electron chi connectivity index (χ0n) is 10.9. The summed E-state index contributed by atoms with van der Waals surface area (Å²) in [6, 6.07) is 2.58. The zero-order chi connectivity index (χ0) is 14.2. The van der Waals surface area contributed by atoms with Gasteiger partial charge in [0.05, 0.1) is 12.7 Å². The lowest BCUT2D eigenvalue weighted by Gasteiger charge is -2.30. The Morgan fingerprint density at radius 3 is 2.79 bits per heavy atom. The number of hydrogen-bond donors (Lipinski definition) is 1. The van der Waals surface area contributed by atoms with E-state index in [1.165, 1.54) is 17.3 Å². The predicted molar refractivity (Wildman–Crippen MR) is 69.7 cm³/mol. The first-order valence-corrected chi connectivity index (χ1v) is 7.43. The second-order valence-corrected chi connectivity index (χ2v) is 6.60. The molecule has 0 amide bonds. The maximum absolute atomic E-state index is 14.0. The fourth-order valence-corrected chi connectivity index (χ4v) is 3.77. The molecule has 1 aromatic rings. The van der Waals surface area contributed by atoms with Crippen molar-refractivity contribution in [2.45, 2.75) is 24.8 Å². The highest BCUT2D eigenvalue weighted by Crippen LogP contribution is 2.25. The van der Waals surface area contributed by atoms with E-state index in [0.29, 0.717) is 6.61 Å². The average molecular weight is 288 g/mol. The van der Waals surface area contributed by atoms with Crippen molar-refractivity contribution in [2.24, 2.45) is 0 Å². The number of ether oxygens (including phenoxy) is 1. The second kappa shape index (κ2) is 5.07. The fourth-order valence-electron chi connectivity index (χ4n) is 2.10. The van der Waals surface area contributed by atoms with Gasteiger partial charge in [-0.05, 0) is 31.5 Å². The van der Waals surface area contributed by atoms with Gasteiger partial charge < -0.3 is 10.5 Å². The minimum atomic E-state index is -3.87. The van der Waals surface area contributed by atoms with E-state index >= 15 is 0 Å². The summed E-state index contributed by atoms with van der Waals surface area (Å²) in [6.07, 6.45) is -0.200. The van der Waals surface area contributed by atoms with Gasteiger partial charge in [0.2, 0.25) is 10.0 Å². The lowest BCUT2D eigenvalue weighted by atomic mass is 10.2. The van der Waals surface area contributed by atoms with Crippen molar-refractivity contribution < 1.29 is 17.5 Å². The minimum Gasteiger partial charge on any atom is -0.399 e. The quantitative estimate of drug-likeness (QED) is 0.828. The molecule has 1 unspecified atom stereocenters. The van der Waals surface area contributed by atoms with Crippen molar-refractivity contribution in [1.29, 1.82) is 0 Å². The van der Waals surface area contributed by atoms with Crippen molar-refractivity contribution in [3.63, 3.8) is 0 Å². The van der Waals surface area contributed by atoms with Crippen LogP contribution in [0.15, 0.2) is 17.0 Å². The minimum absolute atomic E-state index is 0.200. The molecule has 5 nitrogen and oxygen atoms in total. The van der Waals surface area contributed by atoms with E-state index in [2.05, 4.69) is 0 Å². The monoisotopic (exact) mass is 288 g/mol. The molecule has 0 bridgehead atoms. The number of benzene rings is 1. The molecule has 0 radical (unpaired) electrons. The van der Waals surface area contributed by atoms with Gasteiger partial charge in [0, 0.05) is 18.8 Å². The van der Waals surface area contributed by atoms with Crippen LogP contribution in [0.1, 0.15) is 12.5 Å². The van der Waals surface area contributed by atoms with Crippen LogP contribution in [-0.2, 0) is 14.8 Å². The summed E-state index contributed by atoms with van der Waals surface area (Å²) in [4.78, 5) is -0.362. The first-order chi connectivity index (χ1) is 8.82. The van der Waals surface area contributed by atoms with Crippen LogP contribution in [0.2, 0.25) is 0 Å². The number of morpholine rings is 1.